The molecule has 0 saturated carbocycles. The van der Waals surface area contributed by atoms with E-state index in [1.54, 1.807) is 0 Å². The number of hydrogen-bond acceptors (Lipinski definition) is 3. The molecule has 4 nitrogen and oxygen atoms in total. The summed E-state index contributed by atoms with van der Waals surface area (Å²) in [6, 6.07) is 5.91. The zero-order chi connectivity index (χ0) is 14.5. The number of amides is 1. The number of rotatable bonds is 4. The average molecular weight is 278 g/mol. The van der Waals surface area contributed by atoms with Gasteiger partial charge in [0.25, 0.3) is 5.91 Å². The highest BCUT2D eigenvalue weighted by Crippen LogP contribution is 2.17. The van der Waals surface area contributed by atoms with Gasteiger partial charge in [-0.05, 0) is 18.2 Å². The van der Waals surface area contributed by atoms with Crippen molar-refractivity contribution in [2.24, 2.45) is 0 Å². The van der Waals surface area contributed by atoms with E-state index in [-0.39, 0.29) is 12.1 Å². The van der Waals surface area contributed by atoms with Crippen molar-refractivity contribution in [1.29, 1.82) is 0 Å². The van der Waals surface area contributed by atoms with Crippen LogP contribution in [0.4, 0.5) is 8.78 Å². The van der Waals surface area contributed by atoms with Crippen molar-refractivity contribution in [3.63, 3.8) is 0 Å². The van der Waals surface area contributed by atoms with E-state index in [0.29, 0.717) is 11.6 Å². The van der Waals surface area contributed by atoms with E-state index < -0.39 is 23.6 Å². The fourth-order valence-corrected chi connectivity index (χ4v) is 1.68. The molecule has 0 aliphatic rings. The Kier molecular flexibility index (Phi) is 4.37. The van der Waals surface area contributed by atoms with E-state index in [1.165, 1.54) is 24.5 Å². The smallest absolute Gasteiger partial charge is 0.251 e. The van der Waals surface area contributed by atoms with E-state index in [4.69, 9.17) is 0 Å². The summed E-state index contributed by atoms with van der Waals surface area (Å²) in [6.07, 6.45) is 1.68. The maximum Gasteiger partial charge on any atom is 0.251 e. The second kappa shape index (κ2) is 6.21. The molecule has 1 heterocycles. The first-order chi connectivity index (χ1) is 9.58. The van der Waals surface area contributed by atoms with Crippen LogP contribution in [0.2, 0.25) is 0 Å². The molecule has 1 aromatic carbocycles. The molecule has 2 rings (SSSR count). The lowest BCUT2D eigenvalue weighted by Crippen LogP contribution is -2.28. The molecular formula is C14H12F2N2O2. The van der Waals surface area contributed by atoms with Crippen LogP contribution < -0.4 is 5.32 Å². The van der Waals surface area contributed by atoms with Crippen LogP contribution >= 0.6 is 0 Å². The Bertz CT molecular complexity index is 605. The average Bonchev–Trinajstić information content (AvgIpc) is 2.45. The summed E-state index contributed by atoms with van der Waals surface area (Å²) in [5.74, 6) is -1.98. The summed E-state index contributed by atoms with van der Waals surface area (Å²) < 4.78 is 26.2. The van der Waals surface area contributed by atoms with E-state index in [2.05, 4.69) is 10.3 Å². The van der Waals surface area contributed by atoms with Crippen LogP contribution in [0.5, 0.6) is 0 Å². The minimum absolute atomic E-state index is 0.0681. The van der Waals surface area contributed by atoms with Crippen molar-refractivity contribution in [3.05, 3.63) is 65.5 Å². The van der Waals surface area contributed by atoms with E-state index in [0.717, 1.165) is 12.1 Å². The fraction of sp³-hybridized carbons (Fsp3) is 0.143. The van der Waals surface area contributed by atoms with Gasteiger partial charge in [-0.2, -0.15) is 0 Å². The largest absolute Gasteiger partial charge is 0.386 e. The third kappa shape index (κ3) is 3.36. The first-order valence-corrected chi connectivity index (χ1v) is 5.89. The second-order valence-electron chi connectivity index (χ2n) is 4.13. The molecule has 2 aromatic rings. The highest BCUT2D eigenvalue weighted by atomic mass is 19.1. The molecule has 0 unspecified atom stereocenters. The molecule has 104 valence electrons. The molecule has 1 amide bonds. The van der Waals surface area contributed by atoms with Crippen LogP contribution in [-0.2, 0) is 0 Å². The third-order valence-electron chi connectivity index (χ3n) is 2.72. The molecule has 0 bridgehead atoms. The summed E-state index contributed by atoms with van der Waals surface area (Å²) in [4.78, 5) is 15.5. The molecule has 0 spiro atoms. The van der Waals surface area contributed by atoms with Crippen LogP contribution in [0, 0.1) is 11.6 Å². The third-order valence-corrected chi connectivity index (χ3v) is 2.72. The zero-order valence-electron chi connectivity index (χ0n) is 10.4. The Balaban J connectivity index is 1.98. The SMILES string of the molecule is O=C(NC[C@@H](O)c1ccc(F)cc1F)c1ccncc1. The van der Waals surface area contributed by atoms with Crippen LogP contribution in [0.1, 0.15) is 22.0 Å². The van der Waals surface area contributed by atoms with Gasteiger partial charge >= 0.3 is 0 Å². The number of hydrogen-bond donors (Lipinski definition) is 2. The first-order valence-electron chi connectivity index (χ1n) is 5.89. The summed E-state index contributed by atoms with van der Waals surface area (Å²) in [5, 5.41) is 12.3. The number of nitrogens with zero attached hydrogens (tertiary/aromatic N) is 1. The first kappa shape index (κ1) is 14.1. The quantitative estimate of drug-likeness (QED) is 0.896. The predicted molar refractivity (Wildman–Crippen MR) is 67.9 cm³/mol. The van der Waals surface area contributed by atoms with Crippen molar-refractivity contribution < 1.29 is 18.7 Å². The van der Waals surface area contributed by atoms with Gasteiger partial charge in [-0.15, -0.1) is 0 Å². The molecule has 20 heavy (non-hydrogen) atoms. The molecule has 0 aliphatic heterocycles. The van der Waals surface area contributed by atoms with E-state index in [1.807, 2.05) is 0 Å². The molecule has 0 fully saturated rings. The minimum Gasteiger partial charge on any atom is -0.386 e. The van der Waals surface area contributed by atoms with Crippen molar-refractivity contribution in [3.8, 4) is 0 Å². The van der Waals surface area contributed by atoms with Crippen LogP contribution in [0.3, 0.4) is 0 Å². The van der Waals surface area contributed by atoms with Crippen LogP contribution in [0.25, 0.3) is 0 Å². The fourth-order valence-electron chi connectivity index (χ4n) is 1.68. The summed E-state index contributed by atoms with van der Waals surface area (Å²) in [7, 11) is 0. The maximum atomic E-state index is 13.4. The Morgan fingerprint density at radius 3 is 2.60 bits per heavy atom. The van der Waals surface area contributed by atoms with E-state index >= 15 is 0 Å². The Morgan fingerprint density at radius 2 is 1.95 bits per heavy atom. The number of halogens is 2. The maximum absolute atomic E-state index is 13.4. The molecule has 6 heteroatoms. The van der Waals surface area contributed by atoms with Crippen molar-refractivity contribution in [2.75, 3.05) is 6.54 Å². The number of carbonyl (C=O) groups excluding carboxylic acids is 1. The molecule has 1 atom stereocenters. The number of pyridine rings is 1. The lowest BCUT2D eigenvalue weighted by molar-refractivity contribution is 0.0914. The summed E-state index contributed by atoms with van der Waals surface area (Å²) >= 11 is 0. The molecule has 1 aromatic heterocycles. The molecule has 2 N–H and O–H groups in total. The summed E-state index contributed by atoms with van der Waals surface area (Å²) in [6.45, 7) is -0.177. The van der Waals surface area contributed by atoms with Gasteiger partial charge in [-0.25, -0.2) is 8.78 Å². The molecular weight excluding hydrogens is 266 g/mol. The van der Waals surface area contributed by atoms with Gasteiger partial charge in [0.1, 0.15) is 11.6 Å². The summed E-state index contributed by atoms with van der Waals surface area (Å²) in [5.41, 5.74) is 0.313. The second-order valence-corrected chi connectivity index (χ2v) is 4.13. The van der Waals surface area contributed by atoms with Gasteiger partial charge in [-0.3, -0.25) is 9.78 Å². The molecule has 0 radical (unpaired) electrons. The van der Waals surface area contributed by atoms with Gasteiger partial charge in [0, 0.05) is 36.1 Å². The van der Waals surface area contributed by atoms with Gasteiger partial charge < -0.3 is 10.4 Å². The number of aliphatic hydroxyl groups excluding tert-OH is 1. The van der Waals surface area contributed by atoms with Crippen molar-refractivity contribution in [1.82, 2.24) is 10.3 Å². The normalized spacial score (nSPS) is 11.9. The van der Waals surface area contributed by atoms with Crippen molar-refractivity contribution >= 4 is 5.91 Å². The number of nitrogens with one attached hydrogen (secondary N) is 1. The molecule has 0 saturated heterocycles. The number of benzene rings is 1. The van der Waals surface area contributed by atoms with Gasteiger partial charge in [0.15, 0.2) is 0 Å². The number of aromatic nitrogens is 1. The highest BCUT2D eigenvalue weighted by molar-refractivity contribution is 5.93. The van der Waals surface area contributed by atoms with Crippen LogP contribution in [-0.4, -0.2) is 22.5 Å². The zero-order valence-corrected chi connectivity index (χ0v) is 10.4. The standard InChI is InChI=1S/C14H12F2N2O2/c15-10-1-2-11(12(16)7-10)13(19)8-18-14(20)9-3-5-17-6-4-9/h1-7,13,19H,8H2,(H,18,20)/t13-/m1/s1. The highest BCUT2D eigenvalue weighted by Gasteiger charge is 2.15. The Morgan fingerprint density at radius 1 is 1.25 bits per heavy atom. The van der Waals surface area contributed by atoms with Crippen LogP contribution in [0.15, 0.2) is 42.7 Å². The number of carbonyl (C=O) groups is 1. The van der Waals surface area contributed by atoms with Gasteiger partial charge in [0.05, 0.1) is 6.10 Å². The lowest BCUT2D eigenvalue weighted by atomic mass is 10.1. The van der Waals surface area contributed by atoms with Crippen molar-refractivity contribution in [2.45, 2.75) is 6.10 Å². The van der Waals surface area contributed by atoms with Gasteiger partial charge in [0.2, 0.25) is 0 Å². The van der Waals surface area contributed by atoms with Gasteiger partial charge in [-0.1, -0.05) is 6.07 Å². The van der Waals surface area contributed by atoms with E-state index in [9.17, 15) is 18.7 Å². The Labute approximate surface area is 114 Å². The topological polar surface area (TPSA) is 62.2 Å². The monoisotopic (exact) mass is 278 g/mol. The lowest BCUT2D eigenvalue weighted by Gasteiger charge is -2.13. The minimum atomic E-state index is -1.25. The Hall–Kier alpha value is -2.34. The number of aliphatic hydroxyl groups is 1. The predicted octanol–water partition coefficient (Wildman–Crippen LogP) is 1.82. The molecule has 0 aliphatic carbocycles.